The van der Waals surface area contributed by atoms with Gasteiger partial charge in [0.15, 0.2) is 5.96 Å². The first-order chi connectivity index (χ1) is 6.09. The van der Waals surface area contributed by atoms with Crippen LogP contribution < -0.4 is 11.1 Å². The highest BCUT2D eigenvalue weighted by molar-refractivity contribution is 5.79. The van der Waals surface area contributed by atoms with Crippen molar-refractivity contribution in [3.05, 3.63) is 0 Å². The minimum Gasteiger partial charge on any atom is -0.394 e. The smallest absolute Gasteiger partial charge is 0.189 e. The van der Waals surface area contributed by atoms with E-state index in [1.807, 2.05) is 0 Å². The van der Waals surface area contributed by atoms with Crippen molar-refractivity contribution in [1.82, 2.24) is 5.32 Å². The van der Waals surface area contributed by atoms with E-state index in [9.17, 15) is 0 Å². The first-order valence-electron chi connectivity index (χ1n) is 4.43. The molecule has 0 saturated heterocycles. The molecule has 5 nitrogen and oxygen atoms in total. The maximum Gasteiger partial charge on any atom is 0.189 e. The number of nitrogens with one attached hydrogen (secondary N) is 1. The van der Waals surface area contributed by atoms with Gasteiger partial charge in [0.2, 0.25) is 0 Å². The molecular weight excluding hydrogens is 170 g/mol. The van der Waals surface area contributed by atoms with E-state index in [0.717, 1.165) is 12.8 Å². The number of hydrogen-bond acceptors (Lipinski definition) is 3. The Balaban J connectivity index is 2.44. The predicted octanol–water partition coefficient (Wildman–Crippen LogP) is -1.20. The fourth-order valence-corrected chi connectivity index (χ4v) is 0.871. The van der Waals surface area contributed by atoms with Crippen molar-refractivity contribution < 1.29 is 10.2 Å². The Morgan fingerprint density at radius 3 is 2.46 bits per heavy atom. The molecule has 1 aliphatic rings. The van der Waals surface area contributed by atoms with Crippen LogP contribution in [0, 0.1) is 0 Å². The van der Waals surface area contributed by atoms with Gasteiger partial charge in [-0.05, 0) is 19.8 Å². The van der Waals surface area contributed by atoms with Gasteiger partial charge in [0.1, 0.15) is 0 Å². The van der Waals surface area contributed by atoms with Crippen molar-refractivity contribution >= 4 is 5.96 Å². The lowest BCUT2D eigenvalue weighted by molar-refractivity contribution is 0.119. The largest absolute Gasteiger partial charge is 0.394 e. The zero-order chi connectivity index (χ0) is 9.90. The summed E-state index contributed by atoms with van der Waals surface area (Å²) < 4.78 is 0. The topological polar surface area (TPSA) is 90.9 Å². The second-order valence-electron chi connectivity index (χ2n) is 3.75. The molecule has 0 aromatic rings. The number of rotatable bonds is 4. The van der Waals surface area contributed by atoms with E-state index in [0.29, 0.717) is 12.0 Å². The number of nitrogens with two attached hydrogens (primary N) is 1. The number of guanidine groups is 1. The van der Waals surface area contributed by atoms with Crippen LogP contribution in [0.25, 0.3) is 0 Å². The Labute approximate surface area is 77.7 Å². The Kier molecular flexibility index (Phi) is 3.11. The van der Waals surface area contributed by atoms with Gasteiger partial charge in [-0.2, -0.15) is 0 Å². The molecule has 0 aliphatic heterocycles. The number of aliphatic hydroxyl groups excluding tert-OH is 2. The minimum absolute atomic E-state index is 0.176. The van der Waals surface area contributed by atoms with E-state index in [1.54, 1.807) is 6.92 Å². The highest BCUT2D eigenvalue weighted by atomic mass is 16.3. The van der Waals surface area contributed by atoms with Crippen LogP contribution in [0.4, 0.5) is 0 Å². The van der Waals surface area contributed by atoms with Crippen molar-refractivity contribution in [3.8, 4) is 0 Å². The Morgan fingerprint density at radius 2 is 2.08 bits per heavy atom. The Hall–Kier alpha value is -0.810. The van der Waals surface area contributed by atoms with Crippen molar-refractivity contribution in [1.29, 1.82) is 0 Å². The van der Waals surface area contributed by atoms with Gasteiger partial charge in [-0.25, -0.2) is 0 Å². The van der Waals surface area contributed by atoms with Crippen LogP contribution in [0.5, 0.6) is 0 Å². The summed E-state index contributed by atoms with van der Waals surface area (Å²) in [5.41, 5.74) is 4.79. The van der Waals surface area contributed by atoms with E-state index in [4.69, 9.17) is 15.9 Å². The zero-order valence-electron chi connectivity index (χ0n) is 7.82. The Bertz CT molecular complexity index is 198. The van der Waals surface area contributed by atoms with E-state index >= 15 is 0 Å². The third kappa shape index (κ3) is 3.20. The first kappa shape index (κ1) is 10.3. The van der Waals surface area contributed by atoms with Crippen LogP contribution in [-0.4, -0.2) is 41.0 Å². The van der Waals surface area contributed by atoms with Crippen molar-refractivity contribution in [3.63, 3.8) is 0 Å². The molecule has 1 saturated carbocycles. The standard InChI is InChI=1S/C8H17N3O2/c1-8(4-12,5-13)11-7(9)10-6-2-3-6/h6,12-13H,2-5H2,1H3,(H3,9,10,11). The molecule has 0 aromatic heterocycles. The summed E-state index contributed by atoms with van der Waals surface area (Å²) in [6.07, 6.45) is 2.16. The second kappa shape index (κ2) is 3.93. The molecule has 5 N–H and O–H groups in total. The van der Waals surface area contributed by atoms with Gasteiger partial charge in [0.05, 0.1) is 24.8 Å². The summed E-state index contributed by atoms with van der Waals surface area (Å²) in [5.74, 6) is 0.299. The SMILES string of the molecule is CC(CO)(CO)NC(N)=NC1CC1. The molecular formula is C8H17N3O2. The quantitative estimate of drug-likeness (QED) is 0.328. The summed E-state index contributed by atoms with van der Waals surface area (Å²) in [7, 11) is 0. The summed E-state index contributed by atoms with van der Waals surface area (Å²) >= 11 is 0. The third-order valence-corrected chi connectivity index (χ3v) is 2.00. The third-order valence-electron chi connectivity index (χ3n) is 2.00. The fourth-order valence-electron chi connectivity index (χ4n) is 0.871. The summed E-state index contributed by atoms with van der Waals surface area (Å²) in [6.45, 7) is 1.33. The lowest BCUT2D eigenvalue weighted by Gasteiger charge is -2.26. The molecule has 5 heteroatoms. The number of aliphatic imine (C=N–C) groups is 1. The van der Waals surface area contributed by atoms with Crippen molar-refractivity contribution in [2.45, 2.75) is 31.3 Å². The molecule has 0 heterocycles. The average molecular weight is 187 g/mol. The molecule has 0 spiro atoms. The van der Waals surface area contributed by atoms with Gasteiger partial charge >= 0.3 is 0 Å². The van der Waals surface area contributed by atoms with Crippen LogP contribution in [0.1, 0.15) is 19.8 Å². The van der Waals surface area contributed by atoms with Gasteiger partial charge in [-0.1, -0.05) is 0 Å². The molecule has 1 aliphatic carbocycles. The van der Waals surface area contributed by atoms with Crippen LogP contribution in [0.3, 0.4) is 0 Å². The van der Waals surface area contributed by atoms with E-state index in [1.165, 1.54) is 0 Å². The fraction of sp³-hybridized carbons (Fsp3) is 0.875. The summed E-state index contributed by atoms with van der Waals surface area (Å²) in [4.78, 5) is 4.13. The summed E-state index contributed by atoms with van der Waals surface area (Å²) in [6, 6.07) is 0.342. The van der Waals surface area contributed by atoms with E-state index < -0.39 is 5.54 Å². The van der Waals surface area contributed by atoms with Gasteiger partial charge in [-0.15, -0.1) is 0 Å². The van der Waals surface area contributed by atoms with Gasteiger partial charge in [0, 0.05) is 0 Å². The molecule has 1 rings (SSSR count). The lowest BCUT2D eigenvalue weighted by atomic mass is 10.1. The average Bonchev–Trinajstić information content (AvgIpc) is 2.88. The maximum atomic E-state index is 8.95. The molecule has 13 heavy (non-hydrogen) atoms. The van der Waals surface area contributed by atoms with Crippen molar-refractivity contribution in [2.24, 2.45) is 10.7 Å². The van der Waals surface area contributed by atoms with Crippen molar-refractivity contribution in [2.75, 3.05) is 13.2 Å². The van der Waals surface area contributed by atoms with Crippen LogP contribution in [0.15, 0.2) is 4.99 Å². The van der Waals surface area contributed by atoms with Gasteiger partial charge in [0.25, 0.3) is 0 Å². The molecule has 0 atom stereocenters. The summed E-state index contributed by atoms with van der Waals surface area (Å²) in [5, 5.41) is 20.7. The predicted molar refractivity (Wildman–Crippen MR) is 50.4 cm³/mol. The highest BCUT2D eigenvalue weighted by Gasteiger charge is 2.25. The number of aliphatic hydroxyl groups is 2. The maximum absolute atomic E-state index is 8.95. The highest BCUT2D eigenvalue weighted by Crippen LogP contribution is 2.23. The van der Waals surface area contributed by atoms with E-state index in [-0.39, 0.29) is 13.2 Å². The van der Waals surface area contributed by atoms with Gasteiger partial charge < -0.3 is 21.3 Å². The van der Waals surface area contributed by atoms with Gasteiger partial charge in [-0.3, -0.25) is 4.99 Å². The van der Waals surface area contributed by atoms with Crippen LogP contribution in [0.2, 0.25) is 0 Å². The molecule has 0 amide bonds. The molecule has 0 aromatic carbocycles. The second-order valence-corrected chi connectivity index (χ2v) is 3.75. The normalized spacial score (nSPS) is 18.8. The number of hydrogen-bond donors (Lipinski definition) is 4. The molecule has 0 bridgehead atoms. The Morgan fingerprint density at radius 1 is 1.54 bits per heavy atom. The molecule has 76 valence electrons. The zero-order valence-corrected chi connectivity index (χ0v) is 7.82. The van der Waals surface area contributed by atoms with E-state index in [2.05, 4.69) is 10.3 Å². The number of nitrogens with zero attached hydrogens (tertiary/aromatic N) is 1. The molecule has 0 unspecified atom stereocenters. The lowest BCUT2D eigenvalue weighted by Crippen LogP contribution is -2.54. The molecule has 1 fully saturated rings. The minimum atomic E-state index is -0.775. The van der Waals surface area contributed by atoms with Crippen LogP contribution in [-0.2, 0) is 0 Å². The first-order valence-corrected chi connectivity index (χ1v) is 4.43. The van der Waals surface area contributed by atoms with Crippen LogP contribution >= 0.6 is 0 Å². The monoisotopic (exact) mass is 187 g/mol. The molecule has 0 radical (unpaired) electrons.